The number of amides is 1. The highest BCUT2D eigenvalue weighted by atomic mass is 35.5. The van der Waals surface area contributed by atoms with Gasteiger partial charge < -0.3 is 10.6 Å². The van der Waals surface area contributed by atoms with Crippen molar-refractivity contribution in [2.75, 3.05) is 11.9 Å². The molecule has 0 radical (unpaired) electrons. The summed E-state index contributed by atoms with van der Waals surface area (Å²) in [5.41, 5.74) is 2.44. The van der Waals surface area contributed by atoms with Crippen LogP contribution in [0, 0.1) is 0 Å². The van der Waals surface area contributed by atoms with Crippen molar-refractivity contribution in [2.24, 2.45) is 0 Å². The van der Waals surface area contributed by atoms with Gasteiger partial charge in [-0.15, -0.1) is 0 Å². The lowest BCUT2D eigenvalue weighted by Gasteiger charge is -2.15. The van der Waals surface area contributed by atoms with Crippen LogP contribution in [0.3, 0.4) is 0 Å². The number of carbonyl (C=O) groups excluding carboxylic acids is 2. The van der Waals surface area contributed by atoms with Crippen molar-refractivity contribution in [2.45, 2.75) is 13.0 Å². The van der Waals surface area contributed by atoms with Crippen molar-refractivity contribution in [3.05, 3.63) is 101 Å². The van der Waals surface area contributed by atoms with Gasteiger partial charge in [0.2, 0.25) is 5.91 Å². The Morgan fingerprint density at radius 1 is 0.929 bits per heavy atom. The Hall–Kier alpha value is -2.95. The summed E-state index contributed by atoms with van der Waals surface area (Å²) in [6.45, 7) is 2.12. The molecule has 3 aromatic rings. The first-order valence-corrected chi connectivity index (χ1v) is 9.40. The summed E-state index contributed by atoms with van der Waals surface area (Å²) in [6.07, 6.45) is 0. The summed E-state index contributed by atoms with van der Waals surface area (Å²) < 4.78 is 0. The van der Waals surface area contributed by atoms with E-state index in [4.69, 9.17) is 11.6 Å². The summed E-state index contributed by atoms with van der Waals surface area (Å²) >= 11 is 6.08. The van der Waals surface area contributed by atoms with Crippen LogP contribution in [-0.2, 0) is 4.79 Å². The molecule has 28 heavy (non-hydrogen) atoms. The monoisotopic (exact) mass is 392 g/mol. The molecule has 0 saturated heterocycles. The van der Waals surface area contributed by atoms with Crippen LogP contribution in [0.1, 0.15) is 34.5 Å². The van der Waals surface area contributed by atoms with Gasteiger partial charge in [0.15, 0.2) is 5.78 Å². The van der Waals surface area contributed by atoms with Crippen LogP contribution in [0.15, 0.2) is 78.9 Å². The maximum absolute atomic E-state index is 12.8. The second-order valence-corrected chi connectivity index (χ2v) is 6.88. The Bertz CT molecular complexity index is 959. The predicted molar refractivity (Wildman–Crippen MR) is 113 cm³/mol. The lowest BCUT2D eigenvalue weighted by Crippen LogP contribution is -2.30. The molecular formula is C23H21ClN2O2. The fraction of sp³-hybridized carbons (Fsp3) is 0.130. The minimum Gasteiger partial charge on any atom is -0.324 e. The Morgan fingerprint density at radius 3 is 2.25 bits per heavy atom. The van der Waals surface area contributed by atoms with Crippen molar-refractivity contribution < 1.29 is 9.59 Å². The minimum absolute atomic E-state index is 0.0302. The number of anilines is 1. The number of halogens is 1. The van der Waals surface area contributed by atoms with Crippen LogP contribution in [0.25, 0.3) is 0 Å². The fourth-order valence-corrected chi connectivity index (χ4v) is 3.03. The zero-order valence-corrected chi connectivity index (χ0v) is 16.2. The molecule has 1 atom stereocenters. The molecule has 1 amide bonds. The third kappa shape index (κ3) is 5.06. The molecule has 0 saturated carbocycles. The normalized spacial score (nSPS) is 11.6. The summed E-state index contributed by atoms with van der Waals surface area (Å²) in [4.78, 5) is 25.3. The number of carbonyl (C=O) groups is 2. The van der Waals surface area contributed by atoms with Crippen LogP contribution in [0.4, 0.5) is 5.69 Å². The van der Waals surface area contributed by atoms with E-state index in [2.05, 4.69) is 10.6 Å². The van der Waals surface area contributed by atoms with E-state index in [-0.39, 0.29) is 24.3 Å². The van der Waals surface area contributed by atoms with Crippen LogP contribution in [0.2, 0.25) is 5.02 Å². The maximum atomic E-state index is 12.8. The second kappa shape index (κ2) is 9.31. The van der Waals surface area contributed by atoms with E-state index in [1.807, 2.05) is 43.3 Å². The minimum atomic E-state index is -0.229. The molecule has 0 aromatic heterocycles. The van der Waals surface area contributed by atoms with Gasteiger partial charge in [-0.25, -0.2) is 0 Å². The number of hydrogen-bond donors (Lipinski definition) is 2. The molecule has 0 spiro atoms. The third-order valence-electron chi connectivity index (χ3n) is 4.40. The molecule has 4 nitrogen and oxygen atoms in total. The molecule has 0 aliphatic carbocycles. The summed E-state index contributed by atoms with van der Waals surface area (Å²) in [5.74, 6) is -0.420. The molecule has 5 heteroatoms. The second-order valence-electron chi connectivity index (χ2n) is 6.45. The van der Waals surface area contributed by atoms with Crippen LogP contribution >= 0.6 is 11.6 Å². The third-order valence-corrected chi connectivity index (χ3v) is 4.64. The van der Waals surface area contributed by atoms with Crippen LogP contribution in [0.5, 0.6) is 0 Å². The molecule has 0 unspecified atom stereocenters. The first-order chi connectivity index (χ1) is 13.5. The van der Waals surface area contributed by atoms with Gasteiger partial charge >= 0.3 is 0 Å². The summed E-state index contributed by atoms with van der Waals surface area (Å²) in [6, 6.07) is 23.7. The summed E-state index contributed by atoms with van der Waals surface area (Å²) in [7, 11) is 0. The number of benzene rings is 3. The molecule has 0 fully saturated rings. The fourth-order valence-electron chi connectivity index (χ4n) is 2.86. The van der Waals surface area contributed by atoms with Gasteiger partial charge in [-0.3, -0.25) is 9.59 Å². The maximum Gasteiger partial charge on any atom is 0.238 e. The van der Waals surface area contributed by atoms with Crippen molar-refractivity contribution in [1.82, 2.24) is 5.32 Å². The highest BCUT2D eigenvalue weighted by Crippen LogP contribution is 2.23. The van der Waals surface area contributed by atoms with Gasteiger partial charge in [-0.2, -0.15) is 0 Å². The molecule has 3 rings (SSSR count). The van der Waals surface area contributed by atoms with Gasteiger partial charge in [-0.05, 0) is 30.7 Å². The van der Waals surface area contributed by atoms with E-state index in [9.17, 15) is 9.59 Å². The highest BCUT2D eigenvalue weighted by Gasteiger charge is 2.16. The van der Waals surface area contributed by atoms with Gasteiger partial charge in [0.05, 0.1) is 12.2 Å². The molecule has 0 heterocycles. The number of rotatable bonds is 7. The first kappa shape index (κ1) is 19.8. The molecule has 0 aliphatic heterocycles. The lowest BCUT2D eigenvalue weighted by atomic mass is 10.0. The van der Waals surface area contributed by atoms with Crippen molar-refractivity contribution in [3.63, 3.8) is 0 Å². The van der Waals surface area contributed by atoms with Gasteiger partial charge in [0.1, 0.15) is 0 Å². The number of ketones is 1. The molecule has 0 aliphatic rings. The van der Waals surface area contributed by atoms with E-state index in [1.165, 1.54) is 0 Å². The molecule has 3 aromatic carbocycles. The Kier molecular flexibility index (Phi) is 6.58. The van der Waals surface area contributed by atoms with E-state index in [0.717, 1.165) is 5.56 Å². The van der Waals surface area contributed by atoms with Gasteiger partial charge in [0.25, 0.3) is 0 Å². The Balaban J connectivity index is 1.70. The van der Waals surface area contributed by atoms with Gasteiger partial charge in [-0.1, -0.05) is 72.3 Å². The quantitative estimate of drug-likeness (QED) is 0.564. The zero-order valence-electron chi connectivity index (χ0n) is 15.5. The van der Waals surface area contributed by atoms with Crippen LogP contribution < -0.4 is 10.6 Å². The standard InChI is InChI=1S/C23H21ClN2O2/c1-16(17-8-4-2-5-9-17)25-15-22(27)26-21-13-12-19(24)14-20(21)23(28)18-10-6-3-7-11-18/h2-14,16,25H,15H2,1H3,(H,26,27)/t16-/m0/s1. The molecule has 2 N–H and O–H groups in total. The first-order valence-electron chi connectivity index (χ1n) is 9.02. The Morgan fingerprint density at radius 2 is 1.57 bits per heavy atom. The molecular weight excluding hydrogens is 372 g/mol. The topological polar surface area (TPSA) is 58.2 Å². The van der Waals surface area contributed by atoms with Crippen molar-refractivity contribution >= 4 is 29.0 Å². The molecule has 142 valence electrons. The zero-order chi connectivity index (χ0) is 19.9. The van der Waals surface area contributed by atoms with E-state index >= 15 is 0 Å². The smallest absolute Gasteiger partial charge is 0.238 e. The molecule has 0 bridgehead atoms. The van der Waals surface area contributed by atoms with Crippen molar-refractivity contribution in [1.29, 1.82) is 0 Å². The predicted octanol–water partition coefficient (Wildman–Crippen LogP) is 4.86. The van der Waals surface area contributed by atoms with E-state index in [1.54, 1.807) is 42.5 Å². The summed E-state index contributed by atoms with van der Waals surface area (Å²) in [5, 5.41) is 6.44. The average molecular weight is 393 g/mol. The SMILES string of the molecule is C[C@H](NCC(=O)Nc1ccc(Cl)cc1C(=O)c1ccccc1)c1ccccc1. The highest BCUT2D eigenvalue weighted by molar-refractivity contribution is 6.31. The van der Waals surface area contributed by atoms with Gasteiger partial charge in [0, 0.05) is 22.2 Å². The number of hydrogen-bond acceptors (Lipinski definition) is 3. The van der Waals surface area contributed by atoms with E-state index in [0.29, 0.717) is 21.8 Å². The van der Waals surface area contributed by atoms with Crippen molar-refractivity contribution in [3.8, 4) is 0 Å². The Labute approximate surface area is 169 Å². The largest absolute Gasteiger partial charge is 0.324 e. The number of nitrogens with one attached hydrogen (secondary N) is 2. The van der Waals surface area contributed by atoms with Crippen LogP contribution in [-0.4, -0.2) is 18.2 Å². The average Bonchev–Trinajstić information content (AvgIpc) is 2.74. The van der Waals surface area contributed by atoms with E-state index < -0.39 is 0 Å². The lowest BCUT2D eigenvalue weighted by molar-refractivity contribution is -0.115.